The van der Waals surface area contributed by atoms with Crippen molar-refractivity contribution in [3.05, 3.63) is 46.5 Å². The Balaban J connectivity index is 2.50. The highest BCUT2D eigenvalue weighted by Gasteiger charge is 2.24. The Morgan fingerprint density at radius 3 is 2.76 bits per heavy atom. The van der Waals surface area contributed by atoms with Crippen molar-refractivity contribution >= 4 is 11.6 Å². The standard InChI is InChI=1S/C15H19ClFN3O/c1-4-18-14(15-12(16)9-19-20(15)5-2)11-7-6-10(21-3)8-13(11)17/h6-9,14,18H,4-5H2,1-3H3. The van der Waals surface area contributed by atoms with Crippen LogP contribution in [-0.4, -0.2) is 23.4 Å². The molecule has 4 nitrogen and oxygen atoms in total. The van der Waals surface area contributed by atoms with E-state index in [2.05, 4.69) is 10.4 Å². The topological polar surface area (TPSA) is 39.1 Å². The van der Waals surface area contributed by atoms with Gasteiger partial charge in [-0.25, -0.2) is 4.39 Å². The molecule has 2 rings (SSSR count). The van der Waals surface area contributed by atoms with Crippen molar-refractivity contribution in [1.29, 1.82) is 0 Å². The summed E-state index contributed by atoms with van der Waals surface area (Å²) in [5.41, 5.74) is 1.29. The van der Waals surface area contributed by atoms with Crippen molar-refractivity contribution in [2.45, 2.75) is 26.4 Å². The van der Waals surface area contributed by atoms with Gasteiger partial charge < -0.3 is 10.1 Å². The number of nitrogens with zero attached hydrogens (tertiary/aromatic N) is 2. The number of ether oxygens (including phenoxy) is 1. The molecule has 0 spiro atoms. The van der Waals surface area contributed by atoms with Gasteiger partial charge in [0, 0.05) is 18.2 Å². The van der Waals surface area contributed by atoms with Gasteiger partial charge in [0.2, 0.25) is 0 Å². The van der Waals surface area contributed by atoms with E-state index in [1.54, 1.807) is 23.0 Å². The fraction of sp³-hybridized carbons (Fsp3) is 0.400. The lowest BCUT2D eigenvalue weighted by Crippen LogP contribution is -2.26. The van der Waals surface area contributed by atoms with Crippen molar-refractivity contribution in [3.8, 4) is 5.75 Å². The number of hydrogen-bond donors (Lipinski definition) is 1. The molecule has 0 fully saturated rings. The number of rotatable bonds is 6. The van der Waals surface area contributed by atoms with Crippen molar-refractivity contribution in [2.75, 3.05) is 13.7 Å². The molecule has 0 amide bonds. The number of hydrogen-bond acceptors (Lipinski definition) is 3. The minimum absolute atomic E-state index is 0.333. The van der Waals surface area contributed by atoms with Gasteiger partial charge in [-0.15, -0.1) is 0 Å². The molecule has 1 N–H and O–H groups in total. The van der Waals surface area contributed by atoms with E-state index >= 15 is 0 Å². The molecule has 114 valence electrons. The molecule has 0 saturated heterocycles. The number of aromatic nitrogens is 2. The van der Waals surface area contributed by atoms with Crippen LogP contribution in [0.15, 0.2) is 24.4 Å². The SMILES string of the molecule is CCNC(c1ccc(OC)cc1F)c1c(Cl)cnn1CC. The number of methoxy groups -OCH3 is 1. The van der Waals surface area contributed by atoms with E-state index in [9.17, 15) is 4.39 Å². The second-order valence-corrected chi connectivity index (χ2v) is 4.98. The van der Waals surface area contributed by atoms with Gasteiger partial charge in [0.25, 0.3) is 0 Å². The van der Waals surface area contributed by atoms with Crippen molar-refractivity contribution in [3.63, 3.8) is 0 Å². The van der Waals surface area contributed by atoms with Crippen LogP contribution in [0.25, 0.3) is 0 Å². The minimum Gasteiger partial charge on any atom is -0.497 e. The molecule has 0 aliphatic rings. The van der Waals surface area contributed by atoms with Gasteiger partial charge in [0.05, 0.1) is 30.1 Å². The third-order valence-electron chi connectivity index (χ3n) is 3.33. The van der Waals surface area contributed by atoms with Gasteiger partial charge in [-0.3, -0.25) is 4.68 Å². The highest BCUT2D eigenvalue weighted by Crippen LogP contribution is 2.31. The molecular weight excluding hydrogens is 293 g/mol. The molecule has 0 bridgehead atoms. The molecule has 1 aromatic carbocycles. The summed E-state index contributed by atoms with van der Waals surface area (Å²) in [6.45, 7) is 5.29. The average Bonchev–Trinajstić information content (AvgIpc) is 2.86. The summed E-state index contributed by atoms with van der Waals surface area (Å²) in [6, 6.07) is 4.48. The first kappa shape index (κ1) is 15.8. The lowest BCUT2D eigenvalue weighted by molar-refractivity contribution is 0.409. The molecule has 1 aromatic heterocycles. The van der Waals surface area contributed by atoms with Crippen LogP contribution in [0.1, 0.15) is 31.1 Å². The largest absolute Gasteiger partial charge is 0.497 e. The Hall–Kier alpha value is -1.59. The molecule has 1 unspecified atom stereocenters. The predicted octanol–water partition coefficient (Wildman–Crippen LogP) is 3.40. The quantitative estimate of drug-likeness (QED) is 0.888. The summed E-state index contributed by atoms with van der Waals surface area (Å²) < 4.78 is 21.2. The van der Waals surface area contributed by atoms with E-state index in [0.717, 1.165) is 5.69 Å². The van der Waals surface area contributed by atoms with E-state index < -0.39 is 0 Å². The number of benzene rings is 1. The Morgan fingerprint density at radius 1 is 1.43 bits per heavy atom. The second kappa shape index (κ2) is 6.91. The third kappa shape index (κ3) is 3.19. The Morgan fingerprint density at radius 2 is 2.19 bits per heavy atom. The van der Waals surface area contributed by atoms with Gasteiger partial charge >= 0.3 is 0 Å². The molecule has 1 atom stereocenters. The first-order valence-electron chi connectivity index (χ1n) is 6.90. The van der Waals surface area contributed by atoms with Gasteiger partial charge in [-0.2, -0.15) is 5.10 Å². The zero-order chi connectivity index (χ0) is 15.4. The fourth-order valence-electron chi connectivity index (χ4n) is 2.34. The van der Waals surface area contributed by atoms with E-state index in [0.29, 0.717) is 29.4 Å². The lowest BCUT2D eigenvalue weighted by atomic mass is 10.0. The molecule has 0 aliphatic heterocycles. The van der Waals surface area contributed by atoms with E-state index in [4.69, 9.17) is 16.3 Å². The molecule has 0 aliphatic carbocycles. The molecule has 0 radical (unpaired) electrons. The zero-order valence-corrected chi connectivity index (χ0v) is 13.1. The number of halogens is 2. The number of nitrogens with one attached hydrogen (secondary N) is 1. The Labute approximate surface area is 128 Å². The summed E-state index contributed by atoms with van der Waals surface area (Å²) in [4.78, 5) is 0. The lowest BCUT2D eigenvalue weighted by Gasteiger charge is -2.21. The summed E-state index contributed by atoms with van der Waals surface area (Å²) in [7, 11) is 1.51. The van der Waals surface area contributed by atoms with Crippen LogP contribution in [0, 0.1) is 5.82 Å². The van der Waals surface area contributed by atoms with E-state index in [1.165, 1.54) is 13.2 Å². The average molecular weight is 312 g/mol. The van der Waals surface area contributed by atoms with Crippen LogP contribution in [0.5, 0.6) is 5.75 Å². The molecule has 6 heteroatoms. The van der Waals surface area contributed by atoms with Crippen LogP contribution in [-0.2, 0) is 6.54 Å². The van der Waals surface area contributed by atoms with Crippen LogP contribution in [0.4, 0.5) is 4.39 Å². The summed E-state index contributed by atoms with van der Waals surface area (Å²) in [6.07, 6.45) is 1.59. The molecular formula is C15H19ClFN3O. The maximum Gasteiger partial charge on any atom is 0.132 e. The Bertz CT molecular complexity index is 615. The van der Waals surface area contributed by atoms with Gasteiger partial charge in [0.1, 0.15) is 11.6 Å². The minimum atomic E-state index is -0.351. The van der Waals surface area contributed by atoms with Crippen molar-refractivity contribution in [2.24, 2.45) is 0 Å². The predicted molar refractivity (Wildman–Crippen MR) is 81.4 cm³/mol. The van der Waals surface area contributed by atoms with Crippen LogP contribution >= 0.6 is 11.6 Å². The second-order valence-electron chi connectivity index (χ2n) is 4.57. The van der Waals surface area contributed by atoms with Crippen molar-refractivity contribution < 1.29 is 9.13 Å². The van der Waals surface area contributed by atoms with Crippen molar-refractivity contribution in [1.82, 2.24) is 15.1 Å². The first-order chi connectivity index (χ1) is 10.1. The molecule has 2 aromatic rings. The van der Waals surface area contributed by atoms with Crippen LogP contribution < -0.4 is 10.1 Å². The Kier molecular flexibility index (Phi) is 5.20. The highest BCUT2D eigenvalue weighted by molar-refractivity contribution is 6.31. The van der Waals surface area contributed by atoms with Gasteiger partial charge in [0.15, 0.2) is 0 Å². The first-order valence-corrected chi connectivity index (χ1v) is 7.28. The fourth-order valence-corrected chi connectivity index (χ4v) is 2.59. The summed E-state index contributed by atoms with van der Waals surface area (Å²) in [5.74, 6) is 0.154. The summed E-state index contributed by atoms with van der Waals surface area (Å²) in [5, 5.41) is 8.02. The molecule has 1 heterocycles. The van der Waals surface area contributed by atoms with Gasteiger partial charge in [-0.05, 0) is 19.5 Å². The number of aryl methyl sites for hydroxylation is 1. The van der Waals surface area contributed by atoms with E-state index in [-0.39, 0.29) is 11.9 Å². The monoisotopic (exact) mass is 311 g/mol. The van der Waals surface area contributed by atoms with Crippen LogP contribution in [0.3, 0.4) is 0 Å². The highest BCUT2D eigenvalue weighted by atomic mass is 35.5. The smallest absolute Gasteiger partial charge is 0.132 e. The maximum absolute atomic E-state index is 14.4. The summed E-state index contributed by atoms with van der Waals surface area (Å²) >= 11 is 6.24. The zero-order valence-electron chi connectivity index (χ0n) is 12.4. The normalized spacial score (nSPS) is 12.4. The molecule has 21 heavy (non-hydrogen) atoms. The van der Waals surface area contributed by atoms with Gasteiger partial charge in [-0.1, -0.05) is 24.6 Å². The molecule has 0 saturated carbocycles. The third-order valence-corrected chi connectivity index (χ3v) is 3.62. The van der Waals surface area contributed by atoms with Crippen LogP contribution in [0.2, 0.25) is 5.02 Å². The van der Waals surface area contributed by atoms with E-state index in [1.807, 2.05) is 13.8 Å². The maximum atomic E-state index is 14.4.